The van der Waals surface area contributed by atoms with Gasteiger partial charge in [0.25, 0.3) is 5.91 Å². The molecule has 0 aliphatic heterocycles. The summed E-state index contributed by atoms with van der Waals surface area (Å²) in [6, 6.07) is 1.66. The Morgan fingerprint density at radius 3 is 2.58 bits per heavy atom. The number of amides is 1. The Labute approximate surface area is 111 Å². The van der Waals surface area contributed by atoms with Crippen LogP contribution in [0.1, 0.15) is 41.0 Å². The van der Waals surface area contributed by atoms with Crippen molar-refractivity contribution in [1.29, 1.82) is 0 Å². The minimum absolute atomic E-state index is 0.169. The highest BCUT2D eigenvalue weighted by molar-refractivity contribution is 5.95. The van der Waals surface area contributed by atoms with E-state index in [4.69, 9.17) is 0 Å². The first kappa shape index (κ1) is 13.5. The largest absolute Gasteiger partial charge is 0.481 e. The van der Waals surface area contributed by atoms with Gasteiger partial charge in [-0.05, 0) is 32.8 Å². The third-order valence-corrected chi connectivity index (χ3v) is 3.70. The fraction of sp³-hybridized carbons (Fsp3) is 0.538. The summed E-state index contributed by atoms with van der Waals surface area (Å²) in [5.74, 6) is -1.12. The molecule has 19 heavy (non-hydrogen) atoms. The Bertz CT molecular complexity index is 524. The molecule has 0 aromatic carbocycles. The molecule has 0 bridgehead atoms. The monoisotopic (exact) mass is 263 g/mol. The molecule has 1 fully saturated rings. The van der Waals surface area contributed by atoms with Crippen molar-refractivity contribution in [2.24, 2.45) is 5.41 Å². The van der Waals surface area contributed by atoms with E-state index in [9.17, 15) is 14.7 Å². The number of carboxylic acid groups (broad SMARTS) is 1. The number of aliphatic carboxylic acids is 1. The number of carbonyl (C=O) groups excluding carboxylic acids is 1. The lowest BCUT2D eigenvalue weighted by molar-refractivity contribution is -0.153. The molecule has 1 aromatic rings. The van der Waals surface area contributed by atoms with Crippen LogP contribution in [0, 0.1) is 19.3 Å². The van der Waals surface area contributed by atoms with E-state index in [1.54, 1.807) is 19.9 Å². The quantitative estimate of drug-likeness (QED) is 0.848. The lowest BCUT2D eigenvalue weighted by Gasteiger charge is -2.37. The summed E-state index contributed by atoms with van der Waals surface area (Å²) in [5.41, 5.74) is 0.875. The normalized spacial score (nSPS) is 16.5. The highest BCUT2D eigenvalue weighted by atomic mass is 16.4. The van der Waals surface area contributed by atoms with Crippen molar-refractivity contribution in [2.75, 3.05) is 6.54 Å². The highest BCUT2D eigenvalue weighted by Crippen LogP contribution is 2.40. The second kappa shape index (κ2) is 4.95. The lowest BCUT2D eigenvalue weighted by atomic mass is 9.69. The lowest BCUT2D eigenvalue weighted by Crippen LogP contribution is -2.47. The predicted octanol–water partition coefficient (Wildman–Crippen LogP) is 1.08. The Morgan fingerprint density at radius 1 is 1.37 bits per heavy atom. The molecular weight excluding hydrogens is 246 g/mol. The second-order valence-electron chi connectivity index (χ2n) is 5.11. The Kier molecular flexibility index (Phi) is 3.50. The molecular formula is C13H17N3O3. The number of nitrogens with zero attached hydrogens (tertiary/aromatic N) is 2. The van der Waals surface area contributed by atoms with Gasteiger partial charge in [0.05, 0.1) is 22.4 Å². The average Bonchev–Trinajstić information content (AvgIpc) is 2.30. The molecule has 0 atom stereocenters. The number of hydrogen-bond donors (Lipinski definition) is 2. The molecule has 6 nitrogen and oxygen atoms in total. The smallest absolute Gasteiger partial charge is 0.311 e. The van der Waals surface area contributed by atoms with Crippen molar-refractivity contribution in [3.63, 3.8) is 0 Å². The SMILES string of the molecule is Cc1cc(C(=O)NCC2(C(=O)O)CCC2)c(C)nn1. The van der Waals surface area contributed by atoms with Crippen molar-refractivity contribution in [2.45, 2.75) is 33.1 Å². The molecule has 1 aromatic heterocycles. The summed E-state index contributed by atoms with van der Waals surface area (Å²) < 4.78 is 0. The van der Waals surface area contributed by atoms with Crippen LogP contribution < -0.4 is 5.32 Å². The van der Waals surface area contributed by atoms with Crippen LogP contribution in [0.25, 0.3) is 0 Å². The molecule has 1 aliphatic carbocycles. The summed E-state index contributed by atoms with van der Waals surface area (Å²) in [6.07, 6.45) is 2.14. The number of hydrogen-bond acceptors (Lipinski definition) is 4. The van der Waals surface area contributed by atoms with E-state index in [1.165, 1.54) is 0 Å². The maximum Gasteiger partial charge on any atom is 0.311 e. The maximum atomic E-state index is 12.1. The van der Waals surface area contributed by atoms with Gasteiger partial charge in [0.2, 0.25) is 0 Å². The Morgan fingerprint density at radius 2 is 2.05 bits per heavy atom. The van der Waals surface area contributed by atoms with Crippen LogP contribution in [0.4, 0.5) is 0 Å². The number of aromatic nitrogens is 2. The molecule has 1 heterocycles. The number of rotatable bonds is 4. The van der Waals surface area contributed by atoms with Gasteiger partial charge in [-0.2, -0.15) is 10.2 Å². The standard InChI is InChI=1S/C13H17N3O3/c1-8-6-10(9(2)16-15-8)11(17)14-7-13(12(18)19)4-3-5-13/h6H,3-5,7H2,1-2H3,(H,14,17)(H,18,19). The van der Waals surface area contributed by atoms with Gasteiger partial charge in [0.1, 0.15) is 0 Å². The molecule has 1 saturated carbocycles. The molecule has 2 rings (SSSR count). The average molecular weight is 263 g/mol. The molecule has 2 N–H and O–H groups in total. The first-order valence-corrected chi connectivity index (χ1v) is 6.27. The van der Waals surface area contributed by atoms with E-state index in [0.717, 1.165) is 6.42 Å². The van der Waals surface area contributed by atoms with E-state index in [1.807, 2.05) is 0 Å². The van der Waals surface area contributed by atoms with Gasteiger partial charge in [0.15, 0.2) is 0 Å². The molecule has 0 radical (unpaired) electrons. The molecule has 6 heteroatoms. The van der Waals surface area contributed by atoms with E-state index < -0.39 is 11.4 Å². The van der Waals surface area contributed by atoms with Crippen LogP contribution >= 0.6 is 0 Å². The van der Waals surface area contributed by atoms with Gasteiger partial charge in [-0.15, -0.1) is 0 Å². The fourth-order valence-corrected chi connectivity index (χ4v) is 2.19. The zero-order valence-corrected chi connectivity index (χ0v) is 11.1. The summed E-state index contributed by atoms with van der Waals surface area (Å²) in [7, 11) is 0. The maximum absolute atomic E-state index is 12.1. The van der Waals surface area contributed by atoms with Crippen molar-refractivity contribution in [3.8, 4) is 0 Å². The van der Waals surface area contributed by atoms with Gasteiger partial charge in [-0.1, -0.05) is 6.42 Å². The van der Waals surface area contributed by atoms with Crippen LogP contribution in [-0.2, 0) is 4.79 Å². The third-order valence-electron chi connectivity index (χ3n) is 3.70. The van der Waals surface area contributed by atoms with Gasteiger partial charge in [-0.3, -0.25) is 9.59 Å². The van der Waals surface area contributed by atoms with E-state index >= 15 is 0 Å². The molecule has 1 amide bonds. The van der Waals surface area contributed by atoms with Crippen LogP contribution in [0.15, 0.2) is 6.07 Å². The summed E-state index contributed by atoms with van der Waals surface area (Å²) in [4.78, 5) is 23.3. The Hall–Kier alpha value is -1.98. The molecule has 0 saturated heterocycles. The van der Waals surface area contributed by atoms with Crippen LogP contribution in [-0.4, -0.2) is 33.7 Å². The highest BCUT2D eigenvalue weighted by Gasteiger charge is 2.44. The second-order valence-corrected chi connectivity index (χ2v) is 5.11. The topological polar surface area (TPSA) is 92.2 Å². The van der Waals surface area contributed by atoms with E-state index in [0.29, 0.717) is 29.8 Å². The van der Waals surface area contributed by atoms with Crippen LogP contribution in [0.2, 0.25) is 0 Å². The van der Waals surface area contributed by atoms with Crippen molar-refractivity contribution in [3.05, 3.63) is 23.0 Å². The first-order valence-electron chi connectivity index (χ1n) is 6.27. The minimum Gasteiger partial charge on any atom is -0.481 e. The van der Waals surface area contributed by atoms with Gasteiger partial charge in [0, 0.05) is 6.54 Å². The Balaban J connectivity index is 2.05. The summed E-state index contributed by atoms with van der Waals surface area (Å²) in [6.45, 7) is 3.63. The van der Waals surface area contributed by atoms with Gasteiger partial charge in [-0.25, -0.2) is 0 Å². The summed E-state index contributed by atoms with van der Waals surface area (Å²) >= 11 is 0. The first-order chi connectivity index (χ1) is 8.94. The van der Waals surface area contributed by atoms with Crippen LogP contribution in [0.3, 0.4) is 0 Å². The molecule has 0 unspecified atom stereocenters. The van der Waals surface area contributed by atoms with E-state index in [2.05, 4.69) is 15.5 Å². The van der Waals surface area contributed by atoms with Crippen molar-refractivity contribution < 1.29 is 14.7 Å². The molecule has 102 valence electrons. The molecule has 1 aliphatic rings. The number of nitrogens with one attached hydrogen (secondary N) is 1. The van der Waals surface area contributed by atoms with Crippen LogP contribution in [0.5, 0.6) is 0 Å². The number of carbonyl (C=O) groups is 2. The minimum atomic E-state index is -0.834. The van der Waals surface area contributed by atoms with Gasteiger partial charge >= 0.3 is 5.97 Å². The zero-order valence-electron chi connectivity index (χ0n) is 11.1. The zero-order chi connectivity index (χ0) is 14.0. The third kappa shape index (κ3) is 2.57. The van der Waals surface area contributed by atoms with E-state index in [-0.39, 0.29) is 12.5 Å². The summed E-state index contributed by atoms with van der Waals surface area (Å²) in [5, 5.41) is 19.6. The molecule has 0 spiro atoms. The number of carboxylic acids is 1. The predicted molar refractivity (Wildman–Crippen MR) is 67.8 cm³/mol. The van der Waals surface area contributed by atoms with Crippen molar-refractivity contribution in [1.82, 2.24) is 15.5 Å². The van der Waals surface area contributed by atoms with Crippen molar-refractivity contribution >= 4 is 11.9 Å². The van der Waals surface area contributed by atoms with Gasteiger partial charge < -0.3 is 10.4 Å². The fourth-order valence-electron chi connectivity index (χ4n) is 2.19. The number of aryl methyl sites for hydroxylation is 2.